The third-order valence-corrected chi connectivity index (χ3v) is 2.97. The maximum Gasteiger partial charge on any atom is 0.328 e. The fraction of sp³-hybridized carbons (Fsp3) is 0.429. The van der Waals surface area contributed by atoms with Crippen molar-refractivity contribution in [3.8, 4) is 0 Å². The van der Waals surface area contributed by atoms with Gasteiger partial charge in [0, 0.05) is 4.47 Å². The Morgan fingerprint density at radius 2 is 1.95 bits per heavy atom. The Morgan fingerprint density at radius 3 is 2.50 bits per heavy atom. The van der Waals surface area contributed by atoms with E-state index in [4.69, 9.17) is 4.74 Å². The standard InChI is InChI=1S/C14H17BrFNO3/c1-8(13(19)20-14(2,3)4)17-12(18)10-7-9(16)5-6-11(10)15/h5-8H,1-4H3,(H,17,18)/t8-/m0/s1. The van der Waals surface area contributed by atoms with Gasteiger partial charge in [0.15, 0.2) is 0 Å². The highest BCUT2D eigenvalue weighted by Crippen LogP contribution is 2.18. The lowest BCUT2D eigenvalue weighted by Crippen LogP contribution is -2.42. The minimum absolute atomic E-state index is 0.125. The van der Waals surface area contributed by atoms with E-state index in [1.807, 2.05) is 0 Å². The average molecular weight is 346 g/mol. The van der Waals surface area contributed by atoms with E-state index in [1.54, 1.807) is 20.8 Å². The molecule has 4 nitrogen and oxygen atoms in total. The summed E-state index contributed by atoms with van der Waals surface area (Å²) in [6.07, 6.45) is 0. The molecule has 0 heterocycles. The summed E-state index contributed by atoms with van der Waals surface area (Å²) in [4.78, 5) is 23.7. The molecule has 110 valence electrons. The van der Waals surface area contributed by atoms with Crippen LogP contribution in [0.2, 0.25) is 0 Å². The molecule has 1 aromatic rings. The molecule has 0 aromatic heterocycles. The van der Waals surface area contributed by atoms with Gasteiger partial charge in [0.2, 0.25) is 0 Å². The highest BCUT2D eigenvalue weighted by atomic mass is 79.9. The zero-order chi connectivity index (χ0) is 15.5. The SMILES string of the molecule is C[C@H](NC(=O)c1cc(F)ccc1Br)C(=O)OC(C)(C)C. The van der Waals surface area contributed by atoms with E-state index < -0.39 is 29.3 Å². The number of carbonyl (C=O) groups is 2. The number of hydrogen-bond acceptors (Lipinski definition) is 3. The van der Waals surface area contributed by atoms with Crippen molar-refractivity contribution in [2.45, 2.75) is 39.3 Å². The Morgan fingerprint density at radius 1 is 1.35 bits per heavy atom. The first kappa shape index (κ1) is 16.6. The summed E-state index contributed by atoms with van der Waals surface area (Å²) in [5, 5.41) is 2.48. The number of ether oxygens (including phenoxy) is 1. The molecule has 1 aromatic carbocycles. The van der Waals surface area contributed by atoms with Crippen LogP contribution in [0.25, 0.3) is 0 Å². The predicted molar refractivity (Wildman–Crippen MR) is 76.9 cm³/mol. The molecule has 0 saturated heterocycles. The van der Waals surface area contributed by atoms with Crippen LogP contribution < -0.4 is 5.32 Å². The van der Waals surface area contributed by atoms with Crippen LogP contribution in [0.4, 0.5) is 4.39 Å². The number of rotatable bonds is 3. The molecule has 1 rings (SSSR count). The molecule has 0 aliphatic rings. The molecular formula is C14H17BrFNO3. The van der Waals surface area contributed by atoms with Crippen LogP contribution >= 0.6 is 15.9 Å². The van der Waals surface area contributed by atoms with Crippen molar-refractivity contribution in [1.29, 1.82) is 0 Å². The first-order chi connectivity index (χ1) is 9.10. The van der Waals surface area contributed by atoms with Crippen molar-refractivity contribution in [1.82, 2.24) is 5.32 Å². The first-order valence-electron chi connectivity index (χ1n) is 6.09. The Kier molecular flexibility index (Phi) is 5.28. The first-order valence-corrected chi connectivity index (χ1v) is 6.88. The molecule has 0 aliphatic carbocycles. The van der Waals surface area contributed by atoms with Gasteiger partial charge in [-0.25, -0.2) is 9.18 Å². The van der Waals surface area contributed by atoms with Crippen molar-refractivity contribution < 1.29 is 18.7 Å². The lowest BCUT2D eigenvalue weighted by molar-refractivity contribution is -0.156. The van der Waals surface area contributed by atoms with Crippen LogP contribution in [0.15, 0.2) is 22.7 Å². The zero-order valence-corrected chi connectivity index (χ0v) is 13.4. The number of benzene rings is 1. The number of carbonyl (C=O) groups excluding carboxylic acids is 2. The second kappa shape index (κ2) is 6.35. The number of esters is 1. The van der Waals surface area contributed by atoms with E-state index in [1.165, 1.54) is 19.1 Å². The molecule has 0 unspecified atom stereocenters. The second-order valence-corrected chi connectivity index (χ2v) is 6.21. The van der Waals surface area contributed by atoms with E-state index >= 15 is 0 Å². The van der Waals surface area contributed by atoms with Gasteiger partial charge in [-0.3, -0.25) is 4.79 Å². The third-order valence-electron chi connectivity index (χ3n) is 2.28. The van der Waals surface area contributed by atoms with Crippen molar-refractivity contribution in [3.63, 3.8) is 0 Å². The van der Waals surface area contributed by atoms with Gasteiger partial charge in [-0.15, -0.1) is 0 Å². The van der Waals surface area contributed by atoms with Crippen LogP contribution in [0, 0.1) is 5.82 Å². The van der Waals surface area contributed by atoms with Gasteiger partial charge < -0.3 is 10.1 Å². The fourth-order valence-electron chi connectivity index (χ4n) is 1.39. The van der Waals surface area contributed by atoms with Crippen molar-refractivity contribution in [2.75, 3.05) is 0 Å². The van der Waals surface area contributed by atoms with E-state index in [0.717, 1.165) is 6.07 Å². The largest absolute Gasteiger partial charge is 0.458 e. The minimum Gasteiger partial charge on any atom is -0.458 e. The van der Waals surface area contributed by atoms with Crippen molar-refractivity contribution >= 4 is 27.8 Å². The molecule has 0 radical (unpaired) electrons. The summed E-state index contributed by atoms with van der Waals surface area (Å²) in [5.74, 6) is -1.61. The monoisotopic (exact) mass is 345 g/mol. The van der Waals surface area contributed by atoms with Gasteiger partial charge in [-0.05, 0) is 61.8 Å². The molecule has 0 fully saturated rings. The lowest BCUT2D eigenvalue weighted by atomic mass is 10.1. The summed E-state index contributed by atoms with van der Waals surface area (Å²) >= 11 is 3.16. The Labute approximate surface area is 125 Å². The molecule has 0 spiro atoms. The molecule has 6 heteroatoms. The molecular weight excluding hydrogens is 329 g/mol. The van der Waals surface area contributed by atoms with Crippen LogP contribution in [0.1, 0.15) is 38.1 Å². The summed E-state index contributed by atoms with van der Waals surface area (Å²) < 4.78 is 18.7. The zero-order valence-electron chi connectivity index (χ0n) is 11.8. The smallest absolute Gasteiger partial charge is 0.328 e. The van der Waals surface area contributed by atoms with E-state index in [2.05, 4.69) is 21.2 Å². The van der Waals surface area contributed by atoms with Crippen LogP contribution in [0.3, 0.4) is 0 Å². The van der Waals surface area contributed by atoms with Gasteiger partial charge >= 0.3 is 5.97 Å². The number of halogens is 2. The Bertz CT molecular complexity index is 526. The van der Waals surface area contributed by atoms with E-state index in [9.17, 15) is 14.0 Å². The van der Waals surface area contributed by atoms with Crippen LogP contribution in [-0.4, -0.2) is 23.5 Å². The lowest BCUT2D eigenvalue weighted by Gasteiger charge is -2.22. The topological polar surface area (TPSA) is 55.4 Å². The van der Waals surface area contributed by atoms with Crippen LogP contribution in [0.5, 0.6) is 0 Å². The quantitative estimate of drug-likeness (QED) is 0.856. The summed E-state index contributed by atoms with van der Waals surface area (Å²) in [6.45, 7) is 6.73. The molecule has 1 N–H and O–H groups in total. The molecule has 0 saturated carbocycles. The van der Waals surface area contributed by atoms with Crippen molar-refractivity contribution in [2.24, 2.45) is 0 Å². The van der Waals surface area contributed by atoms with Gasteiger partial charge in [-0.2, -0.15) is 0 Å². The van der Waals surface area contributed by atoms with E-state index in [0.29, 0.717) is 4.47 Å². The maximum atomic E-state index is 13.1. The summed E-state index contributed by atoms with van der Waals surface area (Å²) in [6, 6.07) is 2.94. The normalized spacial score (nSPS) is 12.7. The van der Waals surface area contributed by atoms with E-state index in [-0.39, 0.29) is 5.56 Å². The number of nitrogens with one attached hydrogen (secondary N) is 1. The minimum atomic E-state index is -0.822. The average Bonchev–Trinajstić information content (AvgIpc) is 2.29. The summed E-state index contributed by atoms with van der Waals surface area (Å²) in [7, 11) is 0. The van der Waals surface area contributed by atoms with Gasteiger partial charge in [-0.1, -0.05) is 0 Å². The van der Waals surface area contributed by atoms with Gasteiger partial charge in [0.05, 0.1) is 5.56 Å². The molecule has 0 bridgehead atoms. The number of hydrogen-bond donors (Lipinski definition) is 1. The van der Waals surface area contributed by atoms with Gasteiger partial charge in [0.25, 0.3) is 5.91 Å². The van der Waals surface area contributed by atoms with Gasteiger partial charge in [0.1, 0.15) is 17.5 Å². The highest BCUT2D eigenvalue weighted by Gasteiger charge is 2.24. The molecule has 1 amide bonds. The third kappa shape index (κ3) is 4.92. The summed E-state index contributed by atoms with van der Waals surface area (Å²) in [5.41, 5.74) is -0.504. The highest BCUT2D eigenvalue weighted by molar-refractivity contribution is 9.10. The number of amides is 1. The molecule has 0 aliphatic heterocycles. The Balaban J connectivity index is 2.75. The molecule has 1 atom stereocenters. The van der Waals surface area contributed by atoms with Crippen molar-refractivity contribution in [3.05, 3.63) is 34.1 Å². The Hall–Kier alpha value is -1.43. The second-order valence-electron chi connectivity index (χ2n) is 5.35. The molecule has 20 heavy (non-hydrogen) atoms. The fourth-order valence-corrected chi connectivity index (χ4v) is 1.82. The predicted octanol–water partition coefficient (Wildman–Crippen LogP) is 3.05. The van der Waals surface area contributed by atoms with Crippen LogP contribution in [-0.2, 0) is 9.53 Å². The maximum absolute atomic E-state index is 13.1.